The van der Waals surface area contributed by atoms with Crippen LogP contribution in [0.2, 0.25) is 0 Å². The van der Waals surface area contributed by atoms with Crippen molar-refractivity contribution < 1.29 is 19.1 Å². The summed E-state index contributed by atoms with van der Waals surface area (Å²) >= 11 is 0. The summed E-state index contributed by atoms with van der Waals surface area (Å²) in [5, 5.41) is 9.93. The zero-order valence-electron chi connectivity index (χ0n) is 18.3. The van der Waals surface area contributed by atoms with Gasteiger partial charge in [0.15, 0.2) is 6.10 Å². The molecule has 4 heteroatoms. The molecule has 0 aromatic carbocycles. The van der Waals surface area contributed by atoms with E-state index in [1.165, 1.54) is 36.8 Å². The molecule has 0 saturated carbocycles. The van der Waals surface area contributed by atoms with Crippen LogP contribution in [0.1, 0.15) is 71.8 Å². The lowest BCUT2D eigenvalue weighted by Crippen LogP contribution is -2.14. The number of hydrogen-bond donors (Lipinski definition) is 1. The predicted octanol–water partition coefficient (Wildman–Crippen LogP) is 6.69. The van der Waals surface area contributed by atoms with Gasteiger partial charge in [0, 0.05) is 0 Å². The van der Waals surface area contributed by atoms with E-state index in [-0.39, 0.29) is 11.7 Å². The molecule has 3 unspecified atom stereocenters. The highest BCUT2D eigenvalue weighted by Crippen LogP contribution is 2.26. The van der Waals surface area contributed by atoms with Crippen LogP contribution >= 0.6 is 0 Å². The van der Waals surface area contributed by atoms with Crippen molar-refractivity contribution in [2.75, 3.05) is 0 Å². The van der Waals surface area contributed by atoms with Crippen LogP contribution in [0.3, 0.4) is 0 Å². The lowest BCUT2D eigenvalue weighted by atomic mass is 9.95. The molecule has 0 bridgehead atoms. The van der Waals surface area contributed by atoms with Gasteiger partial charge in [-0.15, -0.1) is 0 Å². The molecular weight excluding hydrogens is 364 g/mol. The maximum atomic E-state index is 11.5. The third-order valence-electron chi connectivity index (χ3n) is 5.66. The van der Waals surface area contributed by atoms with Crippen LogP contribution < -0.4 is 0 Å². The number of aryl methyl sites for hydroxylation is 1. The van der Waals surface area contributed by atoms with Crippen LogP contribution in [0.15, 0.2) is 58.1 Å². The maximum Gasteiger partial charge on any atom is 0.337 e. The van der Waals surface area contributed by atoms with E-state index in [1.807, 2.05) is 12.3 Å². The van der Waals surface area contributed by atoms with Crippen molar-refractivity contribution in [3.8, 4) is 0 Å². The van der Waals surface area contributed by atoms with E-state index in [1.54, 1.807) is 13.2 Å². The summed E-state index contributed by atoms with van der Waals surface area (Å²) in [7, 11) is 0. The summed E-state index contributed by atoms with van der Waals surface area (Å²) < 4.78 is 10.3. The first-order valence-corrected chi connectivity index (χ1v) is 10.8. The second kappa shape index (κ2) is 11.7. The fourth-order valence-corrected chi connectivity index (χ4v) is 3.65. The minimum absolute atomic E-state index is 0.0841. The van der Waals surface area contributed by atoms with Gasteiger partial charge in [-0.3, -0.25) is 0 Å². The summed E-state index contributed by atoms with van der Waals surface area (Å²) in [5.74, 6) is 0.653. The number of furan rings is 1. The number of hydrogen-bond acceptors (Lipinski definition) is 4. The van der Waals surface area contributed by atoms with Gasteiger partial charge < -0.3 is 14.3 Å². The first kappa shape index (κ1) is 23.1. The highest BCUT2D eigenvalue weighted by Gasteiger charge is 2.31. The Morgan fingerprint density at radius 3 is 2.69 bits per heavy atom. The Labute approximate surface area is 175 Å². The van der Waals surface area contributed by atoms with E-state index >= 15 is 0 Å². The topological polar surface area (TPSA) is 59.7 Å². The summed E-state index contributed by atoms with van der Waals surface area (Å²) in [6.07, 6.45) is 17.2. The van der Waals surface area contributed by atoms with Crippen LogP contribution in [0.4, 0.5) is 0 Å². The van der Waals surface area contributed by atoms with Crippen LogP contribution in [0, 0.1) is 11.8 Å². The van der Waals surface area contributed by atoms with E-state index in [0.717, 1.165) is 18.8 Å². The Morgan fingerprint density at radius 1 is 1.28 bits per heavy atom. The summed E-state index contributed by atoms with van der Waals surface area (Å²) in [4.78, 5) is 11.5. The van der Waals surface area contributed by atoms with Crippen molar-refractivity contribution in [1.29, 1.82) is 0 Å². The molecule has 1 aromatic rings. The van der Waals surface area contributed by atoms with Crippen molar-refractivity contribution in [3.05, 3.63) is 59.3 Å². The number of carbonyl (C=O) groups excluding carboxylic acids is 1. The molecule has 4 nitrogen and oxygen atoms in total. The fraction of sp³-hybridized carbons (Fsp3) is 0.560. The number of allylic oxidation sites excluding steroid dienone is 4. The summed E-state index contributed by atoms with van der Waals surface area (Å²) in [6.45, 7) is 8.19. The number of cyclic esters (lactones) is 1. The first-order chi connectivity index (χ1) is 13.9. The van der Waals surface area contributed by atoms with Crippen LogP contribution in [0.5, 0.6) is 0 Å². The molecule has 0 aliphatic carbocycles. The summed E-state index contributed by atoms with van der Waals surface area (Å²) in [5.41, 5.74) is 3.01. The Morgan fingerprint density at radius 2 is 2.03 bits per heavy atom. The number of esters is 1. The SMILES string of the molecule is CC1=C(O)C(CC(C)/C=C/C=C(\C)CCCC(C)CCCc2ccoc2)OC1=O. The fourth-order valence-electron chi connectivity index (χ4n) is 3.65. The van der Waals surface area contributed by atoms with Gasteiger partial charge in [0.05, 0.1) is 18.1 Å². The lowest BCUT2D eigenvalue weighted by molar-refractivity contribution is -0.140. The molecule has 1 aliphatic rings. The Hall–Kier alpha value is -2.23. The summed E-state index contributed by atoms with van der Waals surface area (Å²) in [6, 6.07) is 2.05. The van der Waals surface area contributed by atoms with Crippen molar-refractivity contribution in [2.45, 2.75) is 78.7 Å². The zero-order valence-corrected chi connectivity index (χ0v) is 18.3. The van der Waals surface area contributed by atoms with Crippen LogP contribution in [0.25, 0.3) is 0 Å². The number of aliphatic hydroxyl groups excluding tert-OH is 1. The van der Waals surface area contributed by atoms with E-state index in [2.05, 4.69) is 39.0 Å². The molecule has 0 spiro atoms. The molecule has 1 aromatic heterocycles. The van der Waals surface area contributed by atoms with Crippen molar-refractivity contribution in [3.63, 3.8) is 0 Å². The van der Waals surface area contributed by atoms with Crippen molar-refractivity contribution in [1.82, 2.24) is 0 Å². The smallest absolute Gasteiger partial charge is 0.337 e. The first-order valence-electron chi connectivity index (χ1n) is 10.8. The Kier molecular flexibility index (Phi) is 9.30. The van der Waals surface area contributed by atoms with Gasteiger partial charge in [0.25, 0.3) is 0 Å². The molecular formula is C25H36O4. The van der Waals surface area contributed by atoms with Gasteiger partial charge in [-0.2, -0.15) is 0 Å². The molecule has 0 amide bonds. The highest BCUT2D eigenvalue weighted by atomic mass is 16.6. The van der Waals surface area contributed by atoms with Gasteiger partial charge in [0.1, 0.15) is 5.76 Å². The third-order valence-corrected chi connectivity index (χ3v) is 5.66. The molecule has 0 saturated heterocycles. The standard InChI is InChI=1S/C25H36O4/c1-18(8-5-9-19(2)11-7-13-22-14-15-28-17-22)10-6-12-20(3)16-23-24(26)21(4)25(27)29-23/h6,10,12,14-15,17,19-20,23,26H,5,7-9,11,13,16H2,1-4H3/b12-6+,18-10+. The van der Waals surface area contributed by atoms with Gasteiger partial charge in [-0.05, 0) is 69.4 Å². The molecule has 0 radical (unpaired) electrons. The van der Waals surface area contributed by atoms with Gasteiger partial charge in [-0.1, -0.05) is 50.5 Å². The maximum absolute atomic E-state index is 11.5. The van der Waals surface area contributed by atoms with E-state index in [0.29, 0.717) is 12.0 Å². The number of aliphatic hydroxyl groups is 1. The molecule has 1 aliphatic heterocycles. The van der Waals surface area contributed by atoms with Crippen molar-refractivity contribution in [2.24, 2.45) is 11.8 Å². The number of ether oxygens (including phenoxy) is 1. The van der Waals surface area contributed by atoms with Gasteiger partial charge >= 0.3 is 5.97 Å². The predicted molar refractivity (Wildman–Crippen MR) is 117 cm³/mol. The quantitative estimate of drug-likeness (QED) is 0.313. The largest absolute Gasteiger partial charge is 0.508 e. The van der Waals surface area contributed by atoms with E-state index in [9.17, 15) is 9.90 Å². The Balaban J connectivity index is 1.60. The van der Waals surface area contributed by atoms with E-state index < -0.39 is 12.1 Å². The third kappa shape index (κ3) is 7.96. The van der Waals surface area contributed by atoms with E-state index in [4.69, 9.17) is 9.15 Å². The lowest BCUT2D eigenvalue weighted by Gasteiger charge is -2.13. The number of carbonyl (C=O) groups is 1. The van der Waals surface area contributed by atoms with Gasteiger partial charge in [0.2, 0.25) is 0 Å². The second-order valence-corrected chi connectivity index (χ2v) is 8.54. The minimum atomic E-state index is -0.498. The van der Waals surface area contributed by atoms with Crippen LogP contribution in [-0.2, 0) is 16.0 Å². The normalized spacial score (nSPS) is 19.8. The second-order valence-electron chi connectivity index (χ2n) is 8.54. The average Bonchev–Trinajstić information content (AvgIpc) is 3.27. The number of rotatable bonds is 12. The minimum Gasteiger partial charge on any atom is -0.508 e. The zero-order chi connectivity index (χ0) is 21.2. The molecule has 160 valence electrons. The molecule has 3 atom stereocenters. The molecule has 29 heavy (non-hydrogen) atoms. The molecule has 2 heterocycles. The van der Waals surface area contributed by atoms with Crippen LogP contribution in [-0.4, -0.2) is 17.2 Å². The highest BCUT2D eigenvalue weighted by molar-refractivity contribution is 5.90. The Bertz CT molecular complexity index is 724. The molecule has 0 fully saturated rings. The van der Waals surface area contributed by atoms with Gasteiger partial charge in [-0.25, -0.2) is 4.79 Å². The molecule has 1 N–H and O–H groups in total. The monoisotopic (exact) mass is 400 g/mol. The average molecular weight is 401 g/mol. The molecule has 2 rings (SSSR count). The van der Waals surface area contributed by atoms with Crippen molar-refractivity contribution >= 4 is 5.97 Å².